The van der Waals surface area contributed by atoms with E-state index in [2.05, 4.69) is 0 Å². The minimum atomic E-state index is -0.0566. The summed E-state index contributed by atoms with van der Waals surface area (Å²) in [5.74, 6) is 0. The van der Waals surface area contributed by atoms with Gasteiger partial charge >= 0.3 is 0 Å². The van der Waals surface area contributed by atoms with Gasteiger partial charge in [0.25, 0.3) is 0 Å². The largest absolute Gasteiger partial charge is 0.304 e. The Kier molecular flexibility index (Phi) is 2.28. The molecule has 0 heterocycles. The van der Waals surface area contributed by atoms with Gasteiger partial charge < -0.3 is 5.41 Å². The van der Waals surface area contributed by atoms with Gasteiger partial charge in [0.1, 0.15) is 0 Å². The van der Waals surface area contributed by atoms with Gasteiger partial charge in [0, 0.05) is 5.55 Å². The van der Waals surface area contributed by atoms with Crippen LogP contribution in [0.2, 0.25) is 0 Å². The first-order valence-corrected chi connectivity index (χ1v) is 3.75. The minimum Gasteiger partial charge on any atom is -0.304 e. The molecule has 1 N–H and O–H groups in total. The van der Waals surface area contributed by atoms with Crippen molar-refractivity contribution < 1.29 is 0 Å². The number of hydrogen-bond donors (Lipinski definition) is 2. The molecule has 32 valence electrons. The predicted molar refractivity (Wildman–Crippen MR) is 29.6 cm³/mol. The lowest BCUT2D eigenvalue weighted by molar-refractivity contribution is 1.60. The van der Waals surface area contributed by atoms with Crippen LogP contribution in [0.15, 0.2) is 0 Å². The number of rotatable bonds is 1. The molecule has 0 fully saturated rings. The van der Waals surface area contributed by atoms with Gasteiger partial charge in [-0.05, 0) is 12.5 Å². The molecule has 0 saturated carbocycles. The molecule has 0 aromatic rings. The molecule has 0 saturated heterocycles. The van der Waals surface area contributed by atoms with E-state index in [1.807, 2.05) is 12.5 Å². The average Bonchev–Trinajstić information content (AvgIpc) is 1.38. The van der Waals surface area contributed by atoms with E-state index in [0.29, 0.717) is 0 Å². The minimum absolute atomic E-state index is 0.0566. The summed E-state index contributed by atoms with van der Waals surface area (Å²) < 4.78 is 0. The molecule has 0 atom stereocenters. The maximum Gasteiger partial charge on any atom is 0.0306 e. The van der Waals surface area contributed by atoms with Crippen molar-refractivity contribution in [1.82, 2.24) is 0 Å². The van der Waals surface area contributed by atoms with Crippen LogP contribution in [0.1, 0.15) is 0 Å². The third-order valence-electron chi connectivity index (χ3n) is 0.258. The lowest BCUT2D eigenvalue weighted by atomic mass is 11.7. The van der Waals surface area contributed by atoms with Crippen molar-refractivity contribution in [3.8, 4) is 0 Å². The van der Waals surface area contributed by atoms with Crippen LogP contribution in [-0.4, -0.2) is 18.1 Å². The number of thiol groups is 1. The Morgan fingerprint density at radius 2 is 1.80 bits per heavy atom. The van der Waals surface area contributed by atoms with Crippen molar-refractivity contribution in [2.75, 3.05) is 12.5 Å². The van der Waals surface area contributed by atoms with E-state index in [1.165, 1.54) is 5.55 Å². The SMILES string of the molecule is C[SH](C)C=N. The monoisotopic (exact) mass is 91.0 g/mol. The summed E-state index contributed by atoms with van der Waals surface area (Å²) in [6.45, 7) is 0. The van der Waals surface area contributed by atoms with Gasteiger partial charge in [0.05, 0.1) is 0 Å². The van der Waals surface area contributed by atoms with Crippen molar-refractivity contribution in [2.45, 2.75) is 0 Å². The topological polar surface area (TPSA) is 23.9 Å². The molecule has 0 bridgehead atoms. The molecule has 0 spiro atoms. The molecule has 0 aromatic heterocycles. The summed E-state index contributed by atoms with van der Waals surface area (Å²) in [5.41, 5.74) is 1.48. The van der Waals surface area contributed by atoms with Gasteiger partial charge in [-0.1, -0.05) is 0 Å². The molecule has 2 heteroatoms. The van der Waals surface area contributed by atoms with Crippen molar-refractivity contribution in [3.63, 3.8) is 0 Å². The number of hydrogen-bond acceptors (Lipinski definition) is 1. The summed E-state index contributed by atoms with van der Waals surface area (Å²) in [4.78, 5) is 0. The van der Waals surface area contributed by atoms with Gasteiger partial charge in [-0.15, -0.1) is 0 Å². The molecule has 0 aliphatic carbocycles. The molecule has 0 aromatic carbocycles. The Balaban J connectivity index is 2.83. The maximum atomic E-state index is 6.56. The summed E-state index contributed by atoms with van der Waals surface area (Å²) >= 11 is 0. The van der Waals surface area contributed by atoms with E-state index in [4.69, 9.17) is 5.41 Å². The fourth-order valence-electron chi connectivity index (χ4n) is 0. The highest BCUT2D eigenvalue weighted by Crippen LogP contribution is 2.03. The quantitative estimate of drug-likeness (QED) is 0.272. The molecule has 1 nitrogen and oxygen atoms in total. The second kappa shape index (κ2) is 2.27. The molecule has 0 radical (unpaired) electrons. The fraction of sp³-hybridized carbons (Fsp3) is 0.667. The molecule has 0 rings (SSSR count). The Bertz CT molecular complexity index is 33.9. The van der Waals surface area contributed by atoms with E-state index in [9.17, 15) is 0 Å². The smallest absolute Gasteiger partial charge is 0.0306 e. The van der Waals surface area contributed by atoms with E-state index >= 15 is 0 Å². The zero-order chi connectivity index (χ0) is 4.28. The molecule has 0 aliphatic rings. The van der Waals surface area contributed by atoms with Crippen molar-refractivity contribution in [1.29, 1.82) is 5.41 Å². The van der Waals surface area contributed by atoms with E-state index in [0.717, 1.165) is 0 Å². The molecule has 5 heavy (non-hydrogen) atoms. The zero-order valence-electron chi connectivity index (χ0n) is 3.52. The van der Waals surface area contributed by atoms with Gasteiger partial charge in [-0.3, -0.25) is 0 Å². The van der Waals surface area contributed by atoms with Crippen LogP contribution >= 0.6 is 10.9 Å². The first-order valence-electron chi connectivity index (χ1n) is 1.44. The summed E-state index contributed by atoms with van der Waals surface area (Å²) in [7, 11) is -0.0566. The van der Waals surface area contributed by atoms with Crippen LogP contribution in [0.25, 0.3) is 0 Å². The highest BCUT2D eigenvalue weighted by Gasteiger charge is 1.67. The van der Waals surface area contributed by atoms with Gasteiger partial charge in [-0.2, -0.15) is 0 Å². The van der Waals surface area contributed by atoms with Crippen LogP contribution < -0.4 is 0 Å². The van der Waals surface area contributed by atoms with Crippen molar-refractivity contribution >= 4 is 16.4 Å². The second-order valence-corrected chi connectivity index (χ2v) is 3.28. The summed E-state index contributed by atoms with van der Waals surface area (Å²) in [5, 5.41) is 6.56. The fourth-order valence-corrected chi connectivity index (χ4v) is 0. The van der Waals surface area contributed by atoms with Crippen LogP contribution in [0.5, 0.6) is 0 Å². The Morgan fingerprint density at radius 1 is 1.60 bits per heavy atom. The third-order valence-corrected chi connectivity index (χ3v) is 0.775. The van der Waals surface area contributed by atoms with Crippen LogP contribution in [0, 0.1) is 5.41 Å². The molecule has 0 aliphatic heterocycles. The molecule has 0 amide bonds. The number of nitrogens with one attached hydrogen (secondary N) is 1. The third kappa shape index (κ3) is 4.02. The normalized spacial score (nSPS) is 10.4. The lowest BCUT2D eigenvalue weighted by Crippen LogP contribution is -1.65. The lowest BCUT2D eigenvalue weighted by Gasteiger charge is -1.91. The second-order valence-electron chi connectivity index (χ2n) is 1.09. The standard InChI is InChI=1S/C3H9NS/c1-5(2)3-4/h3-5H,1-2H3. The van der Waals surface area contributed by atoms with Gasteiger partial charge in [0.2, 0.25) is 0 Å². The zero-order valence-corrected chi connectivity index (χ0v) is 4.42. The van der Waals surface area contributed by atoms with E-state index < -0.39 is 0 Å². The highest BCUT2D eigenvalue weighted by molar-refractivity contribution is 8.27. The van der Waals surface area contributed by atoms with Crippen LogP contribution in [0.3, 0.4) is 0 Å². The first kappa shape index (κ1) is 5.02. The molecular formula is C3H9NS. The predicted octanol–water partition coefficient (Wildman–Crippen LogP) is 0.854. The molecular weight excluding hydrogens is 82.1 g/mol. The Hall–Kier alpha value is 0.0200. The maximum absolute atomic E-state index is 6.56. The van der Waals surface area contributed by atoms with Gasteiger partial charge in [-0.25, -0.2) is 10.9 Å². The molecule has 0 unspecified atom stereocenters. The van der Waals surface area contributed by atoms with E-state index in [1.54, 1.807) is 0 Å². The Labute approximate surface area is 35.2 Å². The van der Waals surface area contributed by atoms with Crippen LogP contribution in [-0.2, 0) is 0 Å². The van der Waals surface area contributed by atoms with Crippen molar-refractivity contribution in [3.05, 3.63) is 0 Å². The van der Waals surface area contributed by atoms with Crippen molar-refractivity contribution in [2.24, 2.45) is 0 Å². The van der Waals surface area contributed by atoms with Gasteiger partial charge in [0.15, 0.2) is 0 Å². The first-order chi connectivity index (χ1) is 2.27. The van der Waals surface area contributed by atoms with Crippen LogP contribution in [0.4, 0.5) is 0 Å². The average molecular weight is 91.2 g/mol. The summed E-state index contributed by atoms with van der Waals surface area (Å²) in [6, 6.07) is 0. The highest BCUT2D eigenvalue weighted by atomic mass is 32.2. The summed E-state index contributed by atoms with van der Waals surface area (Å²) in [6.07, 6.45) is 4.09. The Morgan fingerprint density at radius 3 is 1.80 bits per heavy atom. The van der Waals surface area contributed by atoms with E-state index in [-0.39, 0.29) is 10.9 Å².